The monoisotopic (exact) mass is 369 g/mol. The molecule has 0 aliphatic rings. The van der Waals surface area contributed by atoms with E-state index in [1.165, 1.54) is 24.3 Å². The number of hydrogen-bond donors (Lipinski definition) is 2. The summed E-state index contributed by atoms with van der Waals surface area (Å²) in [5.41, 5.74) is 5.70. The third kappa shape index (κ3) is 6.15. The number of hydrogen-bond acceptors (Lipinski definition) is 3. The van der Waals surface area contributed by atoms with Crippen LogP contribution in [0.4, 0.5) is 24.5 Å². The van der Waals surface area contributed by atoms with E-state index in [1.54, 1.807) is 0 Å². The topological polar surface area (TPSA) is 36.5 Å². The van der Waals surface area contributed by atoms with Crippen molar-refractivity contribution in [1.29, 1.82) is 0 Å². The van der Waals surface area contributed by atoms with Gasteiger partial charge in [0, 0.05) is 12.2 Å². The van der Waals surface area contributed by atoms with Crippen molar-refractivity contribution in [3.8, 4) is 5.75 Å². The summed E-state index contributed by atoms with van der Waals surface area (Å²) in [7, 11) is 0. The van der Waals surface area contributed by atoms with Crippen LogP contribution in [0.3, 0.4) is 0 Å². The van der Waals surface area contributed by atoms with Gasteiger partial charge < -0.3 is 10.1 Å². The molecule has 0 aliphatic heterocycles. The Morgan fingerprint density at radius 2 is 1.68 bits per heavy atom. The van der Waals surface area contributed by atoms with Crippen LogP contribution in [0.1, 0.15) is 12.5 Å². The number of nitrogens with one attached hydrogen (secondary N) is 2. The third-order valence-electron chi connectivity index (χ3n) is 3.24. The van der Waals surface area contributed by atoms with Crippen LogP contribution in [0.2, 0.25) is 0 Å². The molecule has 0 bridgehead atoms. The molecular formula is C17H18F3N3OS. The first-order valence-corrected chi connectivity index (χ1v) is 7.95. The van der Waals surface area contributed by atoms with Gasteiger partial charge in [-0.15, -0.1) is 13.2 Å². The van der Waals surface area contributed by atoms with Crippen LogP contribution < -0.4 is 20.5 Å². The Balaban J connectivity index is 1.95. The van der Waals surface area contributed by atoms with Crippen molar-refractivity contribution < 1.29 is 17.9 Å². The lowest BCUT2D eigenvalue weighted by Gasteiger charge is -2.25. The standard InChI is InChI=1S/C17H18F3N3OS/c1-3-23(14-8-4-12(2)5-9-14)22-16(25)21-13-6-10-15(11-7-13)24-17(18,19)20/h4-11H,3H2,1-2H3,(H2,21,22,25). The minimum Gasteiger partial charge on any atom is -0.406 e. The average Bonchev–Trinajstić information content (AvgIpc) is 2.54. The molecule has 0 heterocycles. The number of halogens is 3. The second kappa shape index (κ2) is 8.06. The molecule has 0 saturated carbocycles. The molecule has 0 fully saturated rings. The summed E-state index contributed by atoms with van der Waals surface area (Å²) in [5, 5.41) is 5.10. The van der Waals surface area contributed by atoms with E-state index in [9.17, 15) is 13.2 Å². The Bertz CT molecular complexity index is 703. The minimum atomic E-state index is -4.71. The summed E-state index contributed by atoms with van der Waals surface area (Å²) in [4.78, 5) is 0. The van der Waals surface area contributed by atoms with E-state index in [4.69, 9.17) is 12.2 Å². The van der Waals surface area contributed by atoms with Gasteiger partial charge in [-0.25, -0.2) is 0 Å². The molecule has 0 unspecified atom stereocenters. The molecule has 0 radical (unpaired) electrons. The Hall–Kier alpha value is -2.48. The maximum Gasteiger partial charge on any atom is 0.573 e. The van der Waals surface area contributed by atoms with Crippen molar-refractivity contribution in [3.05, 3.63) is 54.1 Å². The highest BCUT2D eigenvalue weighted by molar-refractivity contribution is 7.80. The Morgan fingerprint density at radius 3 is 2.20 bits per heavy atom. The molecule has 2 aromatic rings. The molecule has 2 aromatic carbocycles. The van der Waals surface area contributed by atoms with E-state index in [2.05, 4.69) is 15.5 Å². The first-order chi connectivity index (χ1) is 11.8. The van der Waals surface area contributed by atoms with Gasteiger partial charge in [-0.05, 0) is 62.5 Å². The van der Waals surface area contributed by atoms with Crippen molar-refractivity contribution in [2.45, 2.75) is 20.2 Å². The lowest BCUT2D eigenvalue weighted by molar-refractivity contribution is -0.274. The van der Waals surface area contributed by atoms with Crippen LogP contribution in [0.25, 0.3) is 0 Å². The van der Waals surface area contributed by atoms with E-state index >= 15 is 0 Å². The van der Waals surface area contributed by atoms with Crippen molar-refractivity contribution >= 4 is 28.7 Å². The summed E-state index contributed by atoms with van der Waals surface area (Å²) < 4.78 is 40.3. The summed E-state index contributed by atoms with van der Waals surface area (Å²) in [6.07, 6.45) is -4.71. The van der Waals surface area contributed by atoms with Gasteiger partial charge in [-0.2, -0.15) is 0 Å². The number of anilines is 2. The summed E-state index contributed by atoms with van der Waals surface area (Å²) >= 11 is 5.25. The molecule has 4 nitrogen and oxygen atoms in total. The number of ether oxygens (including phenoxy) is 1. The Kier molecular flexibility index (Phi) is 6.08. The van der Waals surface area contributed by atoms with E-state index in [1.807, 2.05) is 43.1 Å². The van der Waals surface area contributed by atoms with Crippen LogP contribution in [-0.2, 0) is 0 Å². The maximum atomic E-state index is 12.1. The molecule has 0 spiro atoms. The second-order valence-electron chi connectivity index (χ2n) is 5.22. The number of hydrazine groups is 1. The van der Waals surface area contributed by atoms with E-state index in [-0.39, 0.29) is 5.75 Å². The largest absolute Gasteiger partial charge is 0.573 e. The van der Waals surface area contributed by atoms with E-state index in [0.717, 1.165) is 11.3 Å². The van der Waals surface area contributed by atoms with Gasteiger partial charge in [0.15, 0.2) is 5.11 Å². The van der Waals surface area contributed by atoms with E-state index in [0.29, 0.717) is 17.3 Å². The summed E-state index contributed by atoms with van der Waals surface area (Å²) in [5.74, 6) is -0.285. The molecule has 0 aliphatic carbocycles. The van der Waals surface area contributed by atoms with Gasteiger partial charge in [0.2, 0.25) is 0 Å². The Labute approximate surface area is 149 Å². The molecule has 0 saturated heterocycles. The highest BCUT2D eigenvalue weighted by Gasteiger charge is 2.30. The molecular weight excluding hydrogens is 351 g/mol. The minimum absolute atomic E-state index is 0.285. The van der Waals surface area contributed by atoms with Gasteiger partial charge in [-0.3, -0.25) is 10.4 Å². The maximum absolute atomic E-state index is 12.1. The number of thiocarbonyl (C=S) groups is 1. The molecule has 8 heteroatoms. The molecule has 2 rings (SSSR count). The fourth-order valence-electron chi connectivity index (χ4n) is 2.07. The second-order valence-corrected chi connectivity index (χ2v) is 5.63. The van der Waals surface area contributed by atoms with Gasteiger partial charge in [0.05, 0.1) is 5.69 Å². The highest BCUT2D eigenvalue weighted by atomic mass is 32.1. The molecule has 2 N–H and O–H groups in total. The van der Waals surface area contributed by atoms with Gasteiger partial charge in [-0.1, -0.05) is 17.7 Å². The van der Waals surface area contributed by atoms with Gasteiger partial charge in [0.25, 0.3) is 0 Å². The van der Waals surface area contributed by atoms with Crippen LogP contribution in [-0.4, -0.2) is 18.0 Å². The van der Waals surface area contributed by atoms with Crippen LogP contribution in [0.15, 0.2) is 48.5 Å². The zero-order chi connectivity index (χ0) is 18.4. The van der Waals surface area contributed by atoms with Crippen LogP contribution in [0.5, 0.6) is 5.75 Å². The molecule has 0 aromatic heterocycles. The number of benzene rings is 2. The fraction of sp³-hybridized carbons (Fsp3) is 0.235. The van der Waals surface area contributed by atoms with Crippen molar-refractivity contribution in [2.75, 3.05) is 16.9 Å². The number of nitrogens with zero attached hydrogens (tertiary/aromatic N) is 1. The number of rotatable bonds is 5. The van der Waals surface area contributed by atoms with Crippen molar-refractivity contribution in [2.24, 2.45) is 0 Å². The third-order valence-corrected chi connectivity index (χ3v) is 3.44. The molecule has 134 valence electrons. The quantitative estimate of drug-likeness (QED) is 0.594. The SMILES string of the molecule is CCN(NC(=S)Nc1ccc(OC(F)(F)F)cc1)c1ccc(C)cc1. The first-order valence-electron chi connectivity index (χ1n) is 7.54. The fourth-order valence-corrected chi connectivity index (χ4v) is 2.30. The number of alkyl halides is 3. The van der Waals surface area contributed by atoms with Crippen LogP contribution >= 0.6 is 12.2 Å². The highest BCUT2D eigenvalue weighted by Crippen LogP contribution is 2.24. The van der Waals surface area contributed by atoms with Crippen LogP contribution in [0, 0.1) is 6.92 Å². The first kappa shape index (κ1) is 18.9. The Morgan fingerprint density at radius 1 is 1.08 bits per heavy atom. The van der Waals surface area contributed by atoms with Gasteiger partial charge in [0.1, 0.15) is 5.75 Å². The molecule has 25 heavy (non-hydrogen) atoms. The lowest BCUT2D eigenvalue weighted by atomic mass is 10.2. The van der Waals surface area contributed by atoms with E-state index < -0.39 is 6.36 Å². The zero-order valence-corrected chi connectivity index (χ0v) is 14.5. The van der Waals surface area contributed by atoms with Crippen molar-refractivity contribution in [3.63, 3.8) is 0 Å². The number of aryl methyl sites for hydroxylation is 1. The summed E-state index contributed by atoms with van der Waals surface area (Å²) in [6.45, 7) is 4.65. The smallest absolute Gasteiger partial charge is 0.406 e. The predicted octanol–water partition coefficient (Wildman–Crippen LogP) is 4.62. The summed E-state index contributed by atoms with van der Waals surface area (Å²) in [6, 6.07) is 13.3. The lowest BCUT2D eigenvalue weighted by Crippen LogP contribution is -2.44. The molecule has 0 atom stereocenters. The zero-order valence-electron chi connectivity index (χ0n) is 13.7. The van der Waals surface area contributed by atoms with Crippen molar-refractivity contribution in [1.82, 2.24) is 5.43 Å². The average molecular weight is 369 g/mol. The molecule has 0 amide bonds. The normalized spacial score (nSPS) is 10.9. The van der Waals surface area contributed by atoms with Gasteiger partial charge >= 0.3 is 6.36 Å². The predicted molar refractivity (Wildman–Crippen MR) is 96.7 cm³/mol.